The lowest BCUT2D eigenvalue weighted by Gasteiger charge is -1.97. The van der Waals surface area contributed by atoms with E-state index in [1.54, 1.807) is 0 Å². The van der Waals surface area contributed by atoms with E-state index in [1.807, 2.05) is 0 Å². The molecule has 2 atom stereocenters. The van der Waals surface area contributed by atoms with E-state index in [9.17, 15) is 16.8 Å². The Kier molecular flexibility index (Phi) is 1.54. The van der Waals surface area contributed by atoms with Crippen LogP contribution in [0.5, 0.6) is 0 Å². The molecule has 2 heterocycles. The lowest BCUT2D eigenvalue weighted by molar-refractivity contribution is 0.191. The van der Waals surface area contributed by atoms with Crippen LogP contribution in [0.1, 0.15) is 0 Å². The van der Waals surface area contributed by atoms with Gasteiger partial charge < -0.3 is 0 Å². The van der Waals surface area contributed by atoms with Crippen molar-refractivity contribution >= 4 is 20.2 Å². The predicted molar refractivity (Wildman–Crippen MR) is 37.3 cm³/mol. The molecule has 2 saturated heterocycles. The Morgan fingerprint density at radius 2 is 1.83 bits per heavy atom. The summed E-state index contributed by atoms with van der Waals surface area (Å²) >= 11 is 0. The van der Waals surface area contributed by atoms with E-state index in [4.69, 9.17) is 0 Å². The molecule has 0 bridgehead atoms. The van der Waals surface area contributed by atoms with Crippen molar-refractivity contribution in [3.05, 3.63) is 0 Å². The standard InChI is InChI=1S/C4H6O6S2/c5-11(6)2-4-3(10-11)1-9-12(4,7)8/h3-4H,1-2H2. The molecule has 2 aliphatic heterocycles. The maximum absolute atomic E-state index is 11.0. The monoisotopic (exact) mass is 214 g/mol. The first-order chi connectivity index (χ1) is 5.41. The van der Waals surface area contributed by atoms with Gasteiger partial charge in [0, 0.05) is 0 Å². The Hall–Kier alpha value is -0.180. The Morgan fingerprint density at radius 3 is 2.42 bits per heavy atom. The molecule has 6 nitrogen and oxygen atoms in total. The fraction of sp³-hybridized carbons (Fsp3) is 1.00. The van der Waals surface area contributed by atoms with Gasteiger partial charge in [0.25, 0.3) is 20.2 Å². The summed E-state index contributed by atoms with van der Waals surface area (Å²) in [7, 11) is -7.33. The third-order valence-corrected chi connectivity index (χ3v) is 5.02. The summed E-state index contributed by atoms with van der Waals surface area (Å²) in [6.45, 7) is -0.188. The van der Waals surface area contributed by atoms with Crippen molar-refractivity contribution < 1.29 is 25.2 Å². The smallest absolute Gasteiger partial charge is 0.267 e. The van der Waals surface area contributed by atoms with E-state index >= 15 is 0 Å². The van der Waals surface area contributed by atoms with Crippen LogP contribution >= 0.6 is 0 Å². The lowest BCUT2D eigenvalue weighted by Crippen LogP contribution is -2.24. The Morgan fingerprint density at radius 1 is 1.17 bits per heavy atom. The molecule has 2 aliphatic rings. The van der Waals surface area contributed by atoms with Gasteiger partial charge in [-0.25, -0.2) is 0 Å². The van der Waals surface area contributed by atoms with Crippen LogP contribution in [-0.2, 0) is 28.6 Å². The maximum Gasteiger partial charge on any atom is 0.274 e. The van der Waals surface area contributed by atoms with Crippen molar-refractivity contribution in [2.24, 2.45) is 0 Å². The SMILES string of the molecule is O=S1(=O)CC2C(COS2(=O)=O)O1. The molecule has 12 heavy (non-hydrogen) atoms. The van der Waals surface area contributed by atoms with E-state index in [0.717, 1.165) is 0 Å². The Labute approximate surface area is 69.7 Å². The summed E-state index contributed by atoms with van der Waals surface area (Å²) in [6.07, 6.45) is -0.833. The van der Waals surface area contributed by atoms with E-state index in [2.05, 4.69) is 8.37 Å². The molecular formula is C4H6O6S2. The van der Waals surface area contributed by atoms with Crippen molar-refractivity contribution in [2.75, 3.05) is 12.4 Å². The van der Waals surface area contributed by atoms with Crippen LogP contribution in [0.15, 0.2) is 0 Å². The van der Waals surface area contributed by atoms with E-state index in [-0.39, 0.29) is 6.61 Å². The van der Waals surface area contributed by atoms with Gasteiger partial charge in [-0.2, -0.15) is 16.8 Å². The first-order valence-electron chi connectivity index (χ1n) is 3.20. The quantitative estimate of drug-likeness (QED) is 0.453. The third-order valence-electron chi connectivity index (χ3n) is 1.82. The molecular weight excluding hydrogens is 208 g/mol. The van der Waals surface area contributed by atoms with Crippen LogP contribution in [0, 0.1) is 0 Å². The molecule has 0 radical (unpaired) electrons. The minimum Gasteiger partial charge on any atom is -0.267 e. The second kappa shape index (κ2) is 2.19. The fourth-order valence-corrected chi connectivity index (χ4v) is 4.76. The molecule has 0 aromatic carbocycles. The zero-order chi connectivity index (χ0) is 8.98. The van der Waals surface area contributed by atoms with Gasteiger partial charge in [-0.3, -0.25) is 8.37 Å². The molecule has 0 aliphatic carbocycles. The van der Waals surface area contributed by atoms with Gasteiger partial charge >= 0.3 is 0 Å². The van der Waals surface area contributed by atoms with Crippen molar-refractivity contribution in [2.45, 2.75) is 11.4 Å². The fourth-order valence-electron chi connectivity index (χ4n) is 1.25. The molecule has 70 valence electrons. The first kappa shape index (κ1) is 8.42. The first-order valence-corrected chi connectivity index (χ1v) is 6.25. The largest absolute Gasteiger partial charge is 0.274 e. The van der Waals surface area contributed by atoms with E-state index < -0.39 is 37.3 Å². The van der Waals surface area contributed by atoms with Crippen LogP contribution in [0.2, 0.25) is 0 Å². The van der Waals surface area contributed by atoms with Crippen LogP contribution in [-0.4, -0.2) is 40.5 Å². The number of hydrogen-bond acceptors (Lipinski definition) is 6. The number of fused-ring (bicyclic) bond motifs is 1. The van der Waals surface area contributed by atoms with E-state index in [0.29, 0.717) is 0 Å². The van der Waals surface area contributed by atoms with Crippen LogP contribution in [0.3, 0.4) is 0 Å². The van der Waals surface area contributed by atoms with Crippen LogP contribution in [0.4, 0.5) is 0 Å². The topological polar surface area (TPSA) is 86.7 Å². The highest BCUT2D eigenvalue weighted by molar-refractivity contribution is 7.92. The van der Waals surface area contributed by atoms with E-state index in [1.165, 1.54) is 0 Å². The maximum atomic E-state index is 11.0. The highest BCUT2D eigenvalue weighted by Crippen LogP contribution is 2.29. The van der Waals surface area contributed by atoms with Crippen LogP contribution < -0.4 is 0 Å². The average Bonchev–Trinajstić information content (AvgIpc) is 2.31. The van der Waals surface area contributed by atoms with Crippen molar-refractivity contribution in [1.82, 2.24) is 0 Å². The molecule has 2 rings (SSSR count). The summed E-state index contributed by atoms with van der Waals surface area (Å²) < 4.78 is 52.4. The second-order valence-corrected chi connectivity index (χ2v) is 6.14. The van der Waals surface area contributed by atoms with Gasteiger partial charge in [-0.15, -0.1) is 0 Å². The zero-order valence-electron chi connectivity index (χ0n) is 5.83. The zero-order valence-corrected chi connectivity index (χ0v) is 7.47. The molecule has 2 unspecified atom stereocenters. The summed E-state index contributed by atoms with van der Waals surface area (Å²) in [5.41, 5.74) is 0. The molecule has 0 spiro atoms. The highest BCUT2D eigenvalue weighted by Gasteiger charge is 2.52. The minimum absolute atomic E-state index is 0.188. The van der Waals surface area contributed by atoms with Gasteiger partial charge in [0.2, 0.25) is 0 Å². The molecule has 0 aromatic rings. The lowest BCUT2D eigenvalue weighted by atomic mass is 10.3. The van der Waals surface area contributed by atoms with Gasteiger partial charge in [0.15, 0.2) is 0 Å². The number of hydrogen-bond donors (Lipinski definition) is 0. The molecule has 8 heteroatoms. The van der Waals surface area contributed by atoms with Gasteiger partial charge in [-0.05, 0) is 0 Å². The number of rotatable bonds is 0. The molecule has 0 amide bonds. The summed E-state index contributed by atoms with van der Waals surface area (Å²) in [6, 6.07) is 0. The van der Waals surface area contributed by atoms with Crippen molar-refractivity contribution in [3.8, 4) is 0 Å². The Balaban J connectivity index is 2.41. The molecule has 0 saturated carbocycles. The highest BCUT2D eigenvalue weighted by atomic mass is 32.2. The second-order valence-electron chi connectivity index (χ2n) is 2.67. The normalized spacial score (nSPS) is 42.7. The molecule has 0 N–H and O–H groups in total. The van der Waals surface area contributed by atoms with Gasteiger partial charge in [0.1, 0.15) is 11.4 Å². The summed E-state index contributed by atoms with van der Waals surface area (Å²) in [4.78, 5) is 0. The minimum atomic E-state index is -3.70. The van der Waals surface area contributed by atoms with Crippen molar-refractivity contribution in [3.63, 3.8) is 0 Å². The van der Waals surface area contributed by atoms with Crippen molar-refractivity contribution in [1.29, 1.82) is 0 Å². The summed E-state index contributed by atoms with van der Waals surface area (Å²) in [5.74, 6) is -0.486. The molecule has 2 fully saturated rings. The van der Waals surface area contributed by atoms with Crippen LogP contribution in [0.25, 0.3) is 0 Å². The van der Waals surface area contributed by atoms with Gasteiger partial charge in [-0.1, -0.05) is 0 Å². The van der Waals surface area contributed by atoms with Gasteiger partial charge in [0.05, 0.1) is 12.4 Å². The third kappa shape index (κ3) is 1.15. The molecule has 0 aromatic heterocycles. The average molecular weight is 214 g/mol. The summed E-state index contributed by atoms with van der Waals surface area (Å²) in [5, 5.41) is -1.03. The Bertz CT molecular complexity index is 391. The predicted octanol–water partition coefficient (Wildman–Crippen LogP) is -1.56.